The van der Waals surface area contributed by atoms with Gasteiger partial charge in [0.2, 0.25) is 0 Å². The first-order valence-corrected chi connectivity index (χ1v) is 11.9. The van der Waals surface area contributed by atoms with Gasteiger partial charge in [0.15, 0.2) is 0 Å². The van der Waals surface area contributed by atoms with Crippen LogP contribution in [0.15, 0.2) is 72.8 Å². The molecule has 1 aliphatic heterocycles. The zero-order valence-electron chi connectivity index (χ0n) is 20.3. The lowest BCUT2D eigenvalue weighted by molar-refractivity contribution is 0.0383. The summed E-state index contributed by atoms with van der Waals surface area (Å²) in [6.07, 6.45) is 0. The average Bonchev–Trinajstić information content (AvgIpc) is 2.89. The SMILES string of the molecule is CN(C)c1ccc(NC(=O)c2ccc(-c3ccccc3)cc2)cc1C(=O)NCCN1CCOCC1. The summed E-state index contributed by atoms with van der Waals surface area (Å²) in [6, 6.07) is 22.9. The Morgan fingerprint density at radius 2 is 1.57 bits per heavy atom. The molecule has 2 amide bonds. The molecule has 4 rings (SSSR count). The molecule has 3 aromatic carbocycles. The second-order valence-corrected chi connectivity index (χ2v) is 8.73. The molecule has 0 bridgehead atoms. The van der Waals surface area contributed by atoms with Gasteiger partial charge in [-0.2, -0.15) is 0 Å². The fourth-order valence-corrected chi connectivity index (χ4v) is 4.08. The number of carbonyl (C=O) groups is 2. The van der Waals surface area contributed by atoms with Crippen LogP contribution in [0.25, 0.3) is 11.1 Å². The zero-order valence-corrected chi connectivity index (χ0v) is 20.3. The number of amides is 2. The first-order chi connectivity index (χ1) is 17.0. The maximum atomic E-state index is 13.0. The van der Waals surface area contributed by atoms with Gasteiger partial charge in [-0.25, -0.2) is 0 Å². The van der Waals surface area contributed by atoms with Gasteiger partial charge in [0.25, 0.3) is 11.8 Å². The second-order valence-electron chi connectivity index (χ2n) is 8.73. The number of morpholine rings is 1. The van der Waals surface area contributed by atoms with Crippen LogP contribution in [0.2, 0.25) is 0 Å². The highest BCUT2D eigenvalue weighted by molar-refractivity contribution is 6.06. The van der Waals surface area contributed by atoms with E-state index in [-0.39, 0.29) is 11.8 Å². The Hall–Kier alpha value is -3.68. The van der Waals surface area contributed by atoms with Crippen LogP contribution >= 0.6 is 0 Å². The molecule has 0 aliphatic carbocycles. The molecule has 35 heavy (non-hydrogen) atoms. The van der Waals surface area contributed by atoms with Gasteiger partial charge in [-0.05, 0) is 41.5 Å². The van der Waals surface area contributed by atoms with Gasteiger partial charge in [-0.3, -0.25) is 14.5 Å². The quantitative estimate of drug-likeness (QED) is 0.523. The minimum Gasteiger partial charge on any atom is -0.379 e. The van der Waals surface area contributed by atoms with Gasteiger partial charge in [0.1, 0.15) is 0 Å². The molecule has 0 spiro atoms. The molecule has 7 heteroatoms. The highest BCUT2D eigenvalue weighted by Crippen LogP contribution is 2.24. The first-order valence-electron chi connectivity index (χ1n) is 11.9. The summed E-state index contributed by atoms with van der Waals surface area (Å²) < 4.78 is 5.37. The second kappa shape index (κ2) is 11.6. The zero-order chi connectivity index (χ0) is 24.6. The minimum atomic E-state index is -0.221. The van der Waals surface area contributed by atoms with E-state index in [2.05, 4.69) is 15.5 Å². The number of hydrogen-bond donors (Lipinski definition) is 2. The summed E-state index contributed by atoms with van der Waals surface area (Å²) in [5.41, 5.74) is 4.59. The Labute approximate surface area is 206 Å². The van der Waals surface area contributed by atoms with E-state index < -0.39 is 0 Å². The van der Waals surface area contributed by atoms with Crippen molar-refractivity contribution in [2.45, 2.75) is 0 Å². The van der Waals surface area contributed by atoms with Crippen LogP contribution in [0, 0.1) is 0 Å². The maximum Gasteiger partial charge on any atom is 0.255 e. The molecule has 2 N–H and O–H groups in total. The van der Waals surface area contributed by atoms with Crippen molar-refractivity contribution in [3.63, 3.8) is 0 Å². The van der Waals surface area contributed by atoms with E-state index in [1.165, 1.54) is 0 Å². The summed E-state index contributed by atoms with van der Waals surface area (Å²) in [5.74, 6) is -0.383. The Balaban J connectivity index is 1.42. The number of nitrogens with one attached hydrogen (secondary N) is 2. The van der Waals surface area contributed by atoms with Crippen molar-refractivity contribution in [1.82, 2.24) is 10.2 Å². The lowest BCUT2D eigenvalue weighted by Crippen LogP contribution is -2.41. The largest absolute Gasteiger partial charge is 0.379 e. The third kappa shape index (κ3) is 6.47. The molecule has 0 saturated carbocycles. The number of hydrogen-bond acceptors (Lipinski definition) is 5. The van der Waals surface area contributed by atoms with E-state index in [1.807, 2.05) is 85.7 Å². The van der Waals surface area contributed by atoms with Crippen LogP contribution in [-0.2, 0) is 4.74 Å². The number of carbonyl (C=O) groups excluding carboxylic acids is 2. The topological polar surface area (TPSA) is 73.9 Å². The molecule has 1 heterocycles. The lowest BCUT2D eigenvalue weighted by Gasteiger charge is -2.26. The Morgan fingerprint density at radius 1 is 0.886 bits per heavy atom. The number of nitrogens with zero attached hydrogens (tertiary/aromatic N) is 2. The monoisotopic (exact) mass is 472 g/mol. The van der Waals surface area contributed by atoms with E-state index in [0.717, 1.165) is 49.7 Å². The van der Waals surface area contributed by atoms with Gasteiger partial charge < -0.3 is 20.3 Å². The molecule has 0 radical (unpaired) electrons. The van der Waals surface area contributed by atoms with E-state index in [1.54, 1.807) is 6.07 Å². The van der Waals surface area contributed by atoms with Crippen molar-refractivity contribution >= 4 is 23.2 Å². The van der Waals surface area contributed by atoms with E-state index in [4.69, 9.17) is 4.74 Å². The van der Waals surface area contributed by atoms with Crippen molar-refractivity contribution < 1.29 is 14.3 Å². The highest BCUT2D eigenvalue weighted by atomic mass is 16.5. The number of benzene rings is 3. The summed E-state index contributed by atoms with van der Waals surface area (Å²) in [5, 5.41) is 5.94. The van der Waals surface area contributed by atoms with Crippen molar-refractivity contribution in [2.24, 2.45) is 0 Å². The van der Waals surface area contributed by atoms with Crippen molar-refractivity contribution in [3.8, 4) is 11.1 Å². The predicted octanol–water partition coefficient (Wildman–Crippen LogP) is 3.73. The molecule has 182 valence electrons. The standard InChI is InChI=1S/C28H32N4O3/c1-31(2)26-13-12-24(20-25(26)28(34)29-14-15-32-16-18-35-19-17-32)30-27(33)23-10-8-22(9-11-23)21-6-4-3-5-7-21/h3-13,20H,14-19H2,1-2H3,(H,29,34)(H,30,33). The summed E-state index contributed by atoms with van der Waals surface area (Å²) in [7, 11) is 3.79. The molecule has 1 aliphatic rings. The van der Waals surface area contributed by atoms with Crippen LogP contribution in [0.5, 0.6) is 0 Å². The molecule has 0 unspecified atom stereocenters. The minimum absolute atomic E-state index is 0.162. The van der Waals surface area contributed by atoms with Crippen molar-refractivity contribution in [1.29, 1.82) is 0 Å². The molecular formula is C28H32N4O3. The highest BCUT2D eigenvalue weighted by Gasteiger charge is 2.16. The fraction of sp³-hybridized carbons (Fsp3) is 0.286. The van der Waals surface area contributed by atoms with Crippen molar-refractivity contribution in [2.75, 3.05) is 63.7 Å². The normalized spacial score (nSPS) is 13.8. The number of anilines is 2. The van der Waals surface area contributed by atoms with Gasteiger partial charge in [0, 0.05) is 57.2 Å². The molecular weight excluding hydrogens is 440 g/mol. The van der Waals surface area contributed by atoms with Crippen LogP contribution in [0.1, 0.15) is 20.7 Å². The fourth-order valence-electron chi connectivity index (χ4n) is 4.08. The Kier molecular flexibility index (Phi) is 8.13. The Morgan fingerprint density at radius 3 is 2.26 bits per heavy atom. The van der Waals surface area contributed by atoms with Crippen LogP contribution < -0.4 is 15.5 Å². The third-order valence-corrected chi connectivity index (χ3v) is 6.05. The average molecular weight is 473 g/mol. The van der Waals surface area contributed by atoms with Gasteiger partial charge >= 0.3 is 0 Å². The molecule has 1 saturated heterocycles. The van der Waals surface area contributed by atoms with E-state index in [0.29, 0.717) is 23.4 Å². The van der Waals surface area contributed by atoms with Crippen LogP contribution in [-0.4, -0.2) is 70.2 Å². The summed E-state index contributed by atoms with van der Waals surface area (Å²) in [6.45, 7) is 4.56. The van der Waals surface area contributed by atoms with Gasteiger partial charge in [-0.1, -0.05) is 42.5 Å². The molecule has 7 nitrogen and oxygen atoms in total. The van der Waals surface area contributed by atoms with E-state index in [9.17, 15) is 9.59 Å². The molecule has 0 aromatic heterocycles. The van der Waals surface area contributed by atoms with E-state index >= 15 is 0 Å². The maximum absolute atomic E-state index is 13.0. The Bertz CT molecular complexity index is 1140. The van der Waals surface area contributed by atoms with Crippen LogP contribution in [0.4, 0.5) is 11.4 Å². The third-order valence-electron chi connectivity index (χ3n) is 6.05. The molecule has 0 atom stereocenters. The number of ether oxygens (including phenoxy) is 1. The van der Waals surface area contributed by atoms with Gasteiger partial charge in [-0.15, -0.1) is 0 Å². The molecule has 3 aromatic rings. The smallest absolute Gasteiger partial charge is 0.255 e. The van der Waals surface area contributed by atoms with Crippen LogP contribution in [0.3, 0.4) is 0 Å². The van der Waals surface area contributed by atoms with Crippen molar-refractivity contribution in [3.05, 3.63) is 83.9 Å². The van der Waals surface area contributed by atoms with Gasteiger partial charge in [0.05, 0.1) is 18.8 Å². The molecule has 1 fully saturated rings. The summed E-state index contributed by atoms with van der Waals surface area (Å²) in [4.78, 5) is 30.0. The summed E-state index contributed by atoms with van der Waals surface area (Å²) >= 11 is 0. The predicted molar refractivity (Wildman–Crippen MR) is 140 cm³/mol. The number of rotatable bonds is 8. The first kappa shape index (κ1) is 24.4. The lowest BCUT2D eigenvalue weighted by atomic mass is 10.0.